The molecule has 2 N–H and O–H groups in total. The molecule has 21 heavy (non-hydrogen) atoms. The van der Waals surface area contributed by atoms with Gasteiger partial charge < -0.3 is 20.1 Å². The monoisotopic (exact) mass is 314 g/mol. The van der Waals surface area contributed by atoms with Crippen molar-refractivity contribution in [3.8, 4) is 11.5 Å². The summed E-state index contributed by atoms with van der Waals surface area (Å²) in [7, 11) is 0. The smallest absolute Gasteiger partial charge is 0.258 e. The quantitative estimate of drug-likeness (QED) is 0.840. The molecule has 1 aromatic rings. The van der Waals surface area contributed by atoms with Crippen LogP contribution in [-0.2, 0) is 4.79 Å². The number of halogens is 1. The topological polar surface area (TPSA) is 59.6 Å². The van der Waals surface area contributed by atoms with Crippen LogP contribution in [0.15, 0.2) is 24.3 Å². The lowest BCUT2D eigenvalue weighted by molar-refractivity contribution is -0.123. The Kier molecular flexibility index (Phi) is 7.93. The molecule has 5 nitrogen and oxygen atoms in total. The highest BCUT2D eigenvalue weighted by atomic mass is 35.5. The molecule has 0 saturated carbocycles. The molecule has 0 aliphatic carbocycles. The maximum Gasteiger partial charge on any atom is 0.258 e. The molecule has 2 rings (SSSR count). The van der Waals surface area contributed by atoms with Crippen LogP contribution in [0.5, 0.6) is 11.5 Å². The molecule has 0 aromatic heterocycles. The molecule has 1 atom stereocenters. The third-order valence-corrected chi connectivity index (χ3v) is 3.17. The van der Waals surface area contributed by atoms with E-state index in [1.807, 2.05) is 25.1 Å². The first kappa shape index (κ1) is 17.6. The molecular formula is C15H23ClN2O3. The second kappa shape index (κ2) is 9.47. The van der Waals surface area contributed by atoms with Crippen LogP contribution in [0.2, 0.25) is 0 Å². The van der Waals surface area contributed by atoms with E-state index >= 15 is 0 Å². The van der Waals surface area contributed by atoms with E-state index in [1.165, 1.54) is 0 Å². The van der Waals surface area contributed by atoms with Crippen molar-refractivity contribution in [3.05, 3.63) is 24.3 Å². The van der Waals surface area contributed by atoms with Crippen LogP contribution in [-0.4, -0.2) is 38.3 Å². The first-order valence-electron chi connectivity index (χ1n) is 7.14. The second-order valence-electron chi connectivity index (χ2n) is 4.78. The summed E-state index contributed by atoms with van der Waals surface area (Å²) >= 11 is 0. The van der Waals surface area contributed by atoms with Crippen molar-refractivity contribution in [1.82, 2.24) is 10.6 Å². The Morgan fingerprint density at radius 2 is 2.05 bits per heavy atom. The average molecular weight is 315 g/mol. The van der Waals surface area contributed by atoms with E-state index in [2.05, 4.69) is 10.6 Å². The highest BCUT2D eigenvalue weighted by Crippen LogP contribution is 2.26. The molecule has 118 valence electrons. The summed E-state index contributed by atoms with van der Waals surface area (Å²) in [5.41, 5.74) is 0. The second-order valence-corrected chi connectivity index (χ2v) is 4.78. The van der Waals surface area contributed by atoms with Crippen LogP contribution in [0.4, 0.5) is 0 Å². The molecule has 1 aliphatic heterocycles. The zero-order valence-electron chi connectivity index (χ0n) is 12.3. The van der Waals surface area contributed by atoms with Crippen molar-refractivity contribution in [2.75, 3.05) is 26.3 Å². The fraction of sp³-hybridized carbons (Fsp3) is 0.533. The molecule has 6 heteroatoms. The predicted octanol–water partition coefficient (Wildman–Crippen LogP) is 1.75. The number of rotatable bonds is 6. The Morgan fingerprint density at radius 3 is 2.67 bits per heavy atom. The van der Waals surface area contributed by atoms with Gasteiger partial charge in [-0.25, -0.2) is 0 Å². The van der Waals surface area contributed by atoms with Gasteiger partial charge in [-0.2, -0.15) is 0 Å². The minimum atomic E-state index is -0.0926. The van der Waals surface area contributed by atoms with E-state index in [0.717, 1.165) is 25.9 Å². The van der Waals surface area contributed by atoms with Crippen molar-refractivity contribution in [2.45, 2.75) is 25.8 Å². The molecule has 1 aromatic carbocycles. The van der Waals surface area contributed by atoms with Crippen molar-refractivity contribution >= 4 is 18.3 Å². The van der Waals surface area contributed by atoms with E-state index in [0.29, 0.717) is 18.1 Å². The molecule has 0 radical (unpaired) electrons. The molecule has 0 unspecified atom stereocenters. The standard InChI is InChI=1S/C15H22N2O3.ClH/c1-2-19-13-7-3-4-8-14(13)20-11-15(18)17-12-6-5-9-16-10-12;/h3-4,7-8,12,16H,2,5-6,9-11H2,1H3,(H,17,18);1H/t12-;/m0./s1. The molecule has 0 spiro atoms. The highest BCUT2D eigenvalue weighted by Gasteiger charge is 2.15. The van der Waals surface area contributed by atoms with Crippen LogP contribution < -0.4 is 20.1 Å². The van der Waals surface area contributed by atoms with Gasteiger partial charge in [0.25, 0.3) is 5.91 Å². The largest absolute Gasteiger partial charge is 0.490 e. The minimum absolute atomic E-state index is 0. The van der Waals surface area contributed by atoms with E-state index in [4.69, 9.17) is 9.47 Å². The average Bonchev–Trinajstić information content (AvgIpc) is 2.48. The number of piperidine rings is 1. The predicted molar refractivity (Wildman–Crippen MR) is 84.4 cm³/mol. The molecule has 1 saturated heterocycles. The molecule has 1 fully saturated rings. The van der Waals surface area contributed by atoms with Crippen molar-refractivity contribution < 1.29 is 14.3 Å². The first-order chi connectivity index (χ1) is 9.79. The Labute approximate surface area is 131 Å². The van der Waals surface area contributed by atoms with E-state index < -0.39 is 0 Å². The van der Waals surface area contributed by atoms with E-state index in [-0.39, 0.29) is 31.0 Å². The molecular weight excluding hydrogens is 292 g/mol. The number of ether oxygens (including phenoxy) is 2. The van der Waals surface area contributed by atoms with Crippen LogP contribution in [0.3, 0.4) is 0 Å². The van der Waals surface area contributed by atoms with Gasteiger partial charge in [-0.05, 0) is 38.4 Å². The number of hydrogen-bond acceptors (Lipinski definition) is 4. The minimum Gasteiger partial charge on any atom is -0.490 e. The van der Waals surface area contributed by atoms with Gasteiger partial charge in [-0.1, -0.05) is 12.1 Å². The van der Waals surface area contributed by atoms with Gasteiger partial charge in [0.1, 0.15) is 0 Å². The number of hydrogen-bond donors (Lipinski definition) is 2. The van der Waals surface area contributed by atoms with Crippen LogP contribution in [0, 0.1) is 0 Å². The number of amides is 1. The maximum atomic E-state index is 11.8. The fourth-order valence-corrected chi connectivity index (χ4v) is 2.23. The zero-order valence-corrected chi connectivity index (χ0v) is 13.1. The zero-order chi connectivity index (χ0) is 14.2. The third-order valence-electron chi connectivity index (χ3n) is 3.17. The lowest BCUT2D eigenvalue weighted by Gasteiger charge is -2.23. The summed E-state index contributed by atoms with van der Waals surface area (Å²) < 4.78 is 11.0. The van der Waals surface area contributed by atoms with Crippen LogP contribution in [0.1, 0.15) is 19.8 Å². The Bertz CT molecular complexity index is 437. The van der Waals surface area contributed by atoms with E-state index in [9.17, 15) is 4.79 Å². The molecule has 1 heterocycles. The first-order valence-corrected chi connectivity index (χ1v) is 7.14. The SMILES string of the molecule is CCOc1ccccc1OCC(=O)N[C@H]1CCCNC1.Cl. The van der Waals surface area contributed by atoms with Gasteiger partial charge in [0.15, 0.2) is 18.1 Å². The van der Waals surface area contributed by atoms with Gasteiger partial charge in [0.05, 0.1) is 6.61 Å². The molecule has 0 bridgehead atoms. The van der Waals surface area contributed by atoms with Gasteiger partial charge in [-0.3, -0.25) is 4.79 Å². The number of carbonyl (C=O) groups excluding carboxylic acids is 1. The molecule has 1 amide bonds. The number of para-hydroxylation sites is 2. The maximum absolute atomic E-state index is 11.8. The fourth-order valence-electron chi connectivity index (χ4n) is 2.23. The normalized spacial score (nSPS) is 17.5. The molecule has 1 aliphatic rings. The Balaban J connectivity index is 0.00000220. The van der Waals surface area contributed by atoms with Crippen LogP contribution >= 0.6 is 12.4 Å². The highest BCUT2D eigenvalue weighted by molar-refractivity contribution is 5.85. The summed E-state index contributed by atoms with van der Waals surface area (Å²) in [5.74, 6) is 1.18. The van der Waals surface area contributed by atoms with Crippen molar-refractivity contribution in [1.29, 1.82) is 0 Å². The van der Waals surface area contributed by atoms with Gasteiger partial charge in [0.2, 0.25) is 0 Å². The third kappa shape index (κ3) is 5.81. The summed E-state index contributed by atoms with van der Waals surface area (Å²) in [6.07, 6.45) is 2.12. The van der Waals surface area contributed by atoms with Gasteiger partial charge in [0, 0.05) is 12.6 Å². The lowest BCUT2D eigenvalue weighted by atomic mass is 10.1. The summed E-state index contributed by atoms with van der Waals surface area (Å²) in [6.45, 7) is 4.37. The summed E-state index contributed by atoms with van der Waals surface area (Å²) in [5, 5.41) is 6.24. The summed E-state index contributed by atoms with van der Waals surface area (Å²) in [4.78, 5) is 11.8. The Morgan fingerprint density at radius 1 is 1.33 bits per heavy atom. The van der Waals surface area contributed by atoms with Gasteiger partial charge in [-0.15, -0.1) is 12.4 Å². The van der Waals surface area contributed by atoms with Crippen molar-refractivity contribution in [2.24, 2.45) is 0 Å². The van der Waals surface area contributed by atoms with Crippen molar-refractivity contribution in [3.63, 3.8) is 0 Å². The van der Waals surface area contributed by atoms with Crippen LogP contribution in [0.25, 0.3) is 0 Å². The van der Waals surface area contributed by atoms with E-state index in [1.54, 1.807) is 6.07 Å². The van der Waals surface area contributed by atoms with Gasteiger partial charge >= 0.3 is 0 Å². The summed E-state index contributed by atoms with van der Waals surface area (Å²) in [6, 6.07) is 7.59. The number of benzene rings is 1. The lowest BCUT2D eigenvalue weighted by Crippen LogP contribution is -2.47. The number of carbonyl (C=O) groups is 1. The Hall–Kier alpha value is -1.46. The number of nitrogens with one attached hydrogen (secondary N) is 2.